The average Bonchev–Trinajstić information content (AvgIpc) is 2.81. The molecule has 1 aromatic carbocycles. The van der Waals surface area contributed by atoms with Gasteiger partial charge in [0.15, 0.2) is 0 Å². The highest BCUT2D eigenvalue weighted by atomic mass is 16.5. The number of nitrogens with two attached hydrogens (primary N) is 1. The summed E-state index contributed by atoms with van der Waals surface area (Å²) in [6.45, 7) is 5.73. The molecule has 0 aromatic heterocycles. The quantitative estimate of drug-likeness (QED) is 0.863. The summed E-state index contributed by atoms with van der Waals surface area (Å²) < 4.78 is 5.40. The molecule has 0 amide bonds. The Bertz CT molecular complexity index is 375. The summed E-state index contributed by atoms with van der Waals surface area (Å²) in [5.74, 6) is 0.532. The number of hydrogen-bond acceptors (Lipinski definition) is 3. The molecule has 3 heteroatoms. The van der Waals surface area contributed by atoms with Crippen LogP contribution in [0.3, 0.4) is 0 Å². The number of ether oxygens (including phenoxy) is 1. The lowest BCUT2D eigenvalue weighted by molar-refractivity contribution is 0.173. The van der Waals surface area contributed by atoms with E-state index in [1.165, 1.54) is 11.1 Å². The summed E-state index contributed by atoms with van der Waals surface area (Å²) in [5.41, 5.74) is 8.91. The molecule has 18 heavy (non-hydrogen) atoms. The average molecular weight is 248 g/mol. The largest absolute Gasteiger partial charge is 0.381 e. The van der Waals surface area contributed by atoms with Crippen LogP contribution in [-0.4, -0.2) is 37.7 Å². The minimum atomic E-state index is 0.224. The fourth-order valence-corrected chi connectivity index (χ4v) is 2.59. The van der Waals surface area contributed by atoms with Crippen molar-refractivity contribution in [1.82, 2.24) is 4.90 Å². The van der Waals surface area contributed by atoms with E-state index in [0.29, 0.717) is 5.92 Å². The Balaban J connectivity index is 1.82. The van der Waals surface area contributed by atoms with Crippen LogP contribution in [0.4, 0.5) is 0 Å². The van der Waals surface area contributed by atoms with Crippen molar-refractivity contribution in [2.75, 3.05) is 26.8 Å². The van der Waals surface area contributed by atoms with Crippen LogP contribution < -0.4 is 5.73 Å². The molecule has 0 saturated carbocycles. The van der Waals surface area contributed by atoms with Gasteiger partial charge in [-0.1, -0.05) is 29.8 Å². The Kier molecular flexibility index (Phi) is 4.75. The molecule has 1 fully saturated rings. The van der Waals surface area contributed by atoms with Gasteiger partial charge in [0, 0.05) is 31.7 Å². The standard InChI is InChI=1S/C15H24N2O/c1-12-4-3-5-13(8-12)9-17(2)10-15(16)14-6-7-18-11-14/h3-5,8,14-15H,6-7,9-11,16H2,1-2H3. The van der Waals surface area contributed by atoms with E-state index in [1.54, 1.807) is 0 Å². The van der Waals surface area contributed by atoms with Gasteiger partial charge in [-0.25, -0.2) is 0 Å². The summed E-state index contributed by atoms with van der Waals surface area (Å²) in [6, 6.07) is 8.88. The van der Waals surface area contributed by atoms with E-state index in [2.05, 4.69) is 43.1 Å². The van der Waals surface area contributed by atoms with Crippen LogP contribution in [-0.2, 0) is 11.3 Å². The number of benzene rings is 1. The van der Waals surface area contributed by atoms with E-state index in [-0.39, 0.29) is 6.04 Å². The second-order valence-electron chi connectivity index (χ2n) is 5.47. The van der Waals surface area contributed by atoms with Gasteiger partial charge in [0.25, 0.3) is 0 Å². The van der Waals surface area contributed by atoms with Gasteiger partial charge in [-0.05, 0) is 26.0 Å². The molecule has 1 aliphatic rings. The second-order valence-corrected chi connectivity index (χ2v) is 5.47. The van der Waals surface area contributed by atoms with Crippen LogP contribution in [0.5, 0.6) is 0 Å². The van der Waals surface area contributed by atoms with Crippen molar-refractivity contribution in [2.45, 2.75) is 25.9 Å². The minimum Gasteiger partial charge on any atom is -0.381 e. The molecule has 2 atom stereocenters. The van der Waals surface area contributed by atoms with Gasteiger partial charge in [-0.2, -0.15) is 0 Å². The number of likely N-dealkylation sites (N-methyl/N-ethyl adjacent to an activating group) is 1. The molecule has 100 valence electrons. The van der Waals surface area contributed by atoms with Crippen molar-refractivity contribution >= 4 is 0 Å². The van der Waals surface area contributed by atoms with Gasteiger partial charge in [-0.15, -0.1) is 0 Å². The van der Waals surface area contributed by atoms with Crippen molar-refractivity contribution in [3.05, 3.63) is 35.4 Å². The maximum absolute atomic E-state index is 6.24. The summed E-state index contributed by atoms with van der Waals surface area (Å²) >= 11 is 0. The highest BCUT2D eigenvalue weighted by Crippen LogP contribution is 2.16. The maximum atomic E-state index is 6.24. The second kappa shape index (κ2) is 6.32. The number of aryl methyl sites for hydroxylation is 1. The molecule has 3 nitrogen and oxygen atoms in total. The normalized spacial score (nSPS) is 21.4. The van der Waals surface area contributed by atoms with E-state index in [4.69, 9.17) is 10.5 Å². The minimum absolute atomic E-state index is 0.224. The van der Waals surface area contributed by atoms with Crippen molar-refractivity contribution in [3.8, 4) is 0 Å². The van der Waals surface area contributed by atoms with E-state index >= 15 is 0 Å². The zero-order valence-corrected chi connectivity index (χ0v) is 11.4. The first-order chi connectivity index (χ1) is 8.65. The predicted molar refractivity (Wildman–Crippen MR) is 74.4 cm³/mol. The molecule has 1 heterocycles. The van der Waals surface area contributed by atoms with Crippen molar-refractivity contribution in [3.63, 3.8) is 0 Å². The molecule has 0 aliphatic carbocycles. The van der Waals surface area contributed by atoms with Gasteiger partial charge in [0.05, 0.1) is 6.61 Å². The van der Waals surface area contributed by atoms with Gasteiger partial charge < -0.3 is 15.4 Å². The highest BCUT2D eigenvalue weighted by molar-refractivity contribution is 5.22. The summed E-state index contributed by atoms with van der Waals surface area (Å²) in [7, 11) is 2.14. The SMILES string of the molecule is Cc1cccc(CN(C)CC(N)C2CCOC2)c1. The molecule has 0 radical (unpaired) electrons. The van der Waals surface area contributed by atoms with E-state index in [9.17, 15) is 0 Å². The van der Waals surface area contributed by atoms with E-state index < -0.39 is 0 Å². The molecule has 1 saturated heterocycles. The third-order valence-corrected chi connectivity index (χ3v) is 3.63. The van der Waals surface area contributed by atoms with Gasteiger partial charge in [-0.3, -0.25) is 0 Å². The van der Waals surface area contributed by atoms with Crippen LogP contribution in [0, 0.1) is 12.8 Å². The predicted octanol–water partition coefficient (Wildman–Crippen LogP) is 1.79. The highest BCUT2D eigenvalue weighted by Gasteiger charge is 2.23. The lowest BCUT2D eigenvalue weighted by Gasteiger charge is -2.24. The Morgan fingerprint density at radius 3 is 3.00 bits per heavy atom. The molecule has 1 aromatic rings. The smallest absolute Gasteiger partial charge is 0.0510 e. The van der Waals surface area contributed by atoms with Gasteiger partial charge in [0.1, 0.15) is 0 Å². The molecule has 2 unspecified atom stereocenters. The number of nitrogens with zero attached hydrogens (tertiary/aromatic N) is 1. The van der Waals surface area contributed by atoms with Crippen LogP contribution in [0.25, 0.3) is 0 Å². The van der Waals surface area contributed by atoms with Crippen molar-refractivity contribution < 1.29 is 4.74 Å². The Hall–Kier alpha value is -0.900. The summed E-state index contributed by atoms with van der Waals surface area (Å²) in [4.78, 5) is 2.30. The first-order valence-electron chi connectivity index (χ1n) is 6.72. The number of hydrogen-bond donors (Lipinski definition) is 1. The molecule has 1 aliphatic heterocycles. The summed E-state index contributed by atoms with van der Waals surface area (Å²) in [5, 5.41) is 0. The van der Waals surface area contributed by atoms with Crippen molar-refractivity contribution in [2.24, 2.45) is 11.7 Å². The fraction of sp³-hybridized carbons (Fsp3) is 0.600. The first kappa shape index (κ1) is 13.5. The third-order valence-electron chi connectivity index (χ3n) is 3.63. The third kappa shape index (κ3) is 3.80. The van der Waals surface area contributed by atoms with E-state index in [1.807, 2.05) is 0 Å². The zero-order chi connectivity index (χ0) is 13.0. The molecule has 0 bridgehead atoms. The summed E-state index contributed by atoms with van der Waals surface area (Å²) in [6.07, 6.45) is 1.11. The molecule has 2 rings (SSSR count). The molecule has 0 spiro atoms. The Morgan fingerprint density at radius 1 is 1.50 bits per heavy atom. The van der Waals surface area contributed by atoms with Crippen LogP contribution in [0.1, 0.15) is 17.5 Å². The van der Waals surface area contributed by atoms with Crippen LogP contribution in [0.2, 0.25) is 0 Å². The zero-order valence-electron chi connectivity index (χ0n) is 11.4. The lowest BCUT2D eigenvalue weighted by atomic mass is 9.99. The van der Waals surface area contributed by atoms with Crippen LogP contribution in [0.15, 0.2) is 24.3 Å². The molecule has 2 N–H and O–H groups in total. The maximum Gasteiger partial charge on any atom is 0.0510 e. The lowest BCUT2D eigenvalue weighted by Crippen LogP contribution is -2.40. The first-order valence-corrected chi connectivity index (χ1v) is 6.72. The topological polar surface area (TPSA) is 38.5 Å². The van der Waals surface area contributed by atoms with E-state index in [0.717, 1.165) is 32.7 Å². The molecular formula is C15H24N2O. The van der Waals surface area contributed by atoms with Crippen LogP contribution >= 0.6 is 0 Å². The fourth-order valence-electron chi connectivity index (χ4n) is 2.59. The monoisotopic (exact) mass is 248 g/mol. The van der Waals surface area contributed by atoms with Gasteiger partial charge in [0.2, 0.25) is 0 Å². The van der Waals surface area contributed by atoms with Crippen molar-refractivity contribution in [1.29, 1.82) is 0 Å². The van der Waals surface area contributed by atoms with Gasteiger partial charge >= 0.3 is 0 Å². The molecular weight excluding hydrogens is 224 g/mol. The Labute approximate surface area is 110 Å². The number of rotatable bonds is 5. The Morgan fingerprint density at radius 2 is 2.33 bits per heavy atom.